The molecule has 5 N–H and O–H groups in total. The van der Waals surface area contributed by atoms with Crippen molar-refractivity contribution in [2.75, 3.05) is 26.6 Å². The normalized spacial score (nSPS) is 10.4. The predicted molar refractivity (Wildman–Crippen MR) is 49.8 cm³/mol. The van der Waals surface area contributed by atoms with E-state index in [4.69, 9.17) is 21.1 Å². The molecule has 0 fully saturated rings. The topological polar surface area (TPSA) is 107 Å². The van der Waals surface area contributed by atoms with E-state index in [1.54, 1.807) is 0 Å². The van der Waals surface area contributed by atoms with Crippen LogP contribution >= 0.6 is 0 Å². The first-order valence-electron chi connectivity index (χ1n) is 4.13. The van der Waals surface area contributed by atoms with Gasteiger partial charge in [-0.1, -0.05) is 6.58 Å². The van der Waals surface area contributed by atoms with Gasteiger partial charge in [-0.25, -0.2) is 0 Å². The van der Waals surface area contributed by atoms with E-state index in [0.717, 1.165) is 4.90 Å². The number of hydrogen-bond acceptors (Lipinski definition) is 5. The lowest BCUT2D eigenvalue weighted by Crippen LogP contribution is -2.39. The smallest absolute Gasteiger partial charge is 0.252 e. The fourth-order valence-electron chi connectivity index (χ4n) is 0.861. The van der Waals surface area contributed by atoms with Crippen LogP contribution in [-0.2, 0) is 4.79 Å². The van der Waals surface area contributed by atoms with Gasteiger partial charge in [-0.15, -0.1) is 0 Å². The summed E-state index contributed by atoms with van der Waals surface area (Å²) in [6, 6.07) is 0. The highest BCUT2D eigenvalue weighted by Gasteiger charge is 2.21. The molecule has 0 aliphatic rings. The maximum atomic E-state index is 11.4. The van der Waals surface area contributed by atoms with Gasteiger partial charge >= 0.3 is 0 Å². The van der Waals surface area contributed by atoms with Crippen LogP contribution in [0.1, 0.15) is 0 Å². The molecule has 6 heteroatoms. The summed E-state index contributed by atoms with van der Waals surface area (Å²) in [6.45, 7) is 2.04. The summed E-state index contributed by atoms with van der Waals surface area (Å²) < 4.78 is 0. The first-order chi connectivity index (χ1) is 6.62. The number of aliphatic hydroxyl groups is 3. The molecule has 0 aliphatic carbocycles. The molecule has 0 unspecified atom stereocenters. The van der Waals surface area contributed by atoms with Crippen molar-refractivity contribution in [2.45, 2.75) is 0 Å². The van der Waals surface area contributed by atoms with Crippen LogP contribution < -0.4 is 5.73 Å². The molecule has 6 nitrogen and oxygen atoms in total. The Morgan fingerprint density at radius 1 is 1.36 bits per heavy atom. The van der Waals surface area contributed by atoms with E-state index in [0.29, 0.717) is 0 Å². The summed E-state index contributed by atoms with van der Waals surface area (Å²) in [7, 11) is 0. The molecule has 0 aromatic rings. The van der Waals surface area contributed by atoms with Gasteiger partial charge in [-0.3, -0.25) is 4.79 Å². The lowest BCUT2D eigenvalue weighted by atomic mass is 10.0. The third kappa shape index (κ3) is 3.08. The Labute approximate surface area is 82.2 Å². The molecule has 0 spiro atoms. The van der Waals surface area contributed by atoms with Crippen molar-refractivity contribution in [3.05, 3.63) is 12.2 Å². The molecule has 0 radical (unpaired) electrons. The first-order valence-corrected chi connectivity index (χ1v) is 4.13. The maximum absolute atomic E-state index is 11.4. The second kappa shape index (κ2) is 6.50. The Balaban J connectivity index is 4.43. The number of aliphatic hydroxyl groups excluding tert-OH is 3. The lowest BCUT2D eigenvalue weighted by Gasteiger charge is -2.21. The summed E-state index contributed by atoms with van der Waals surface area (Å²) in [6.07, 6.45) is 0. The first kappa shape index (κ1) is 13.1. The van der Waals surface area contributed by atoms with Gasteiger partial charge < -0.3 is 26.0 Å². The number of nitrogens with zero attached hydrogens (tertiary/aromatic N) is 1. The Hall–Kier alpha value is -0.950. The summed E-state index contributed by atoms with van der Waals surface area (Å²) in [5.74, 6) is -1.27. The zero-order valence-electron chi connectivity index (χ0n) is 7.89. The number of hydrogen-bond donors (Lipinski definition) is 4. The maximum Gasteiger partial charge on any atom is 0.252 e. The Morgan fingerprint density at radius 2 is 1.86 bits per heavy atom. The van der Waals surface area contributed by atoms with Gasteiger partial charge in [0, 0.05) is 11.5 Å². The zero-order valence-corrected chi connectivity index (χ0v) is 7.89. The van der Waals surface area contributed by atoms with Crippen molar-refractivity contribution in [1.29, 1.82) is 0 Å². The summed E-state index contributed by atoms with van der Waals surface area (Å²) in [5, 5.41) is 26.3. The minimum absolute atomic E-state index is 0.0366. The van der Waals surface area contributed by atoms with Crippen LogP contribution in [0.25, 0.3) is 0 Å². The Morgan fingerprint density at radius 3 is 2.14 bits per heavy atom. The highest BCUT2D eigenvalue weighted by Crippen LogP contribution is 2.10. The van der Waals surface area contributed by atoms with E-state index >= 15 is 0 Å². The molecule has 0 aromatic carbocycles. The largest absolute Gasteiger partial charge is 0.396 e. The molecule has 1 amide bonds. The number of carbonyl (C=O) groups excluding carboxylic acids is 1. The average molecular weight is 204 g/mol. The van der Waals surface area contributed by atoms with Gasteiger partial charge in [-0.2, -0.15) is 0 Å². The number of amides is 1. The van der Waals surface area contributed by atoms with E-state index in [1.165, 1.54) is 0 Å². The Kier molecular flexibility index (Phi) is 6.06. The van der Waals surface area contributed by atoms with Crippen LogP contribution in [0.3, 0.4) is 0 Å². The molecule has 14 heavy (non-hydrogen) atoms. The van der Waals surface area contributed by atoms with Crippen molar-refractivity contribution in [2.24, 2.45) is 11.7 Å². The van der Waals surface area contributed by atoms with Crippen molar-refractivity contribution in [3.8, 4) is 0 Å². The predicted octanol–water partition coefficient (Wildman–Crippen LogP) is -2.16. The van der Waals surface area contributed by atoms with Crippen LogP contribution in [-0.4, -0.2) is 52.7 Å². The van der Waals surface area contributed by atoms with Crippen molar-refractivity contribution in [3.63, 3.8) is 0 Å². The molecular formula is C8H16N2O4. The van der Waals surface area contributed by atoms with Gasteiger partial charge in [0.15, 0.2) is 0 Å². The fraction of sp³-hybridized carbons (Fsp3) is 0.625. The van der Waals surface area contributed by atoms with E-state index < -0.39 is 18.6 Å². The Bertz CT molecular complexity index is 178. The van der Waals surface area contributed by atoms with Crippen LogP contribution in [0.4, 0.5) is 0 Å². The SMILES string of the molecule is C=C(C(=O)N(CN)CO)C(CO)CO. The molecule has 0 rings (SSSR count). The molecule has 0 aliphatic heterocycles. The molecule has 0 saturated heterocycles. The van der Waals surface area contributed by atoms with Crippen molar-refractivity contribution < 1.29 is 20.1 Å². The fourth-order valence-corrected chi connectivity index (χ4v) is 0.861. The minimum atomic E-state index is -0.705. The molecule has 0 saturated carbocycles. The zero-order chi connectivity index (χ0) is 11.1. The molecule has 0 heterocycles. The van der Waals surface area contributed by atoms with Crippen LogP contribution in [0, 0.1) is 5.92 Å². The highest BCUT2D eigenvalue weighted by molar-refractivity contribution is 5.93. The van der Waals surface area contributed by atoms with Gasteiger partial charge in [-0.05, 0) is 0 Å². The number of nitrogens with two attached hydrogens (primary N) is 1. The number of rotatable bonds is 6. The minimum Gasteiger partial charge on any atom is -0.396 e. The molecule has 0 bridgehead atoms. The molecule has 0 atom stereocenters. The summed E-state index contributed by atoms with van der Waals surface area (Å²) in [5.41, 5.74) is 5.22. The van der Waals surface area contributed by atoms with Gasteiger partial charge in [0.1, 0.15) is 6.73 Å². The molecule has 0 aromatic heterocycles. The lowest BCUT2D eigenvalue weighted by molar-refractivity contribution is -0.131. The quantitative estimate of drug-likeness (QED) is 0.291. The highest BCUT2D eigenvalue weighted by atomic mass is 16.3. The van der Waals surface area contributed by atoms with E-state index in [9.17, 15) is 4.79 Å². The molecule has 82 valence electrons. The van der Waals surface area contributed by atoms with Crippen LogP contribution in [0.5, 0.6) is 0 Å². The van der Waals surface area contributed by atoms with Crippen molar-refractivity contribution >= 4 is 5.91 Å². The van der Waals surface area contributed by atoms with Gasteiger partial charge in [0.2, 0.25) is 0 Å². The van der Waals surface area contributed by atoms with Gasteiger partial charge in [0.25, 0.3) is 5.91 Å². The van der Waals surface area contributed by atoms with Crippen LogP contribution in [0.15, 0.2) is 12.2 Å². The summed E-state index contributed by atoms with van der Waals surface area (Å²) in [4.78, 5) is 12.4. The third-order valence-corrected chi connectivity index (χ3v) is 1.89. The van der Waals surface area contributed by atoms with E-state index in [-0.39, 0.29) is 25.5 Å². The average Bonchev–Trinajstić information content (AvgIpc) is 2.21. The van der Waals surface area contributed by atoms with E-state index in [2.05, 4.69) is 6.58 Å². The molecular weight excluding hydrogens is 188 g/mol. The number of carbonyl (C=O) groups is 1. The van der Waals surface area contributed by atoms with E-state index in [1.807, 2.05) is 0 Å². The summed E-state index contributed by atoms with van der Waals surface area (Å²) >= 11 is 0. The second-order valence-electron chi connectivity index (χ2n) is 2.76. The van der Waals surface area contributed by atoms with Crippen molar-refractivity contribution in [1.82, 2.24) is 4.90 Å². The second-order valence-corrected chi connectivity index (χ2v) is 2.76. The third-order valence-electron chi connectivity index (χ3n) is 1.89. The standard InChI is InChI=1S/C8H16N2O4/c1-6(7(2-11)3-12)8(14)10(4-9)5-13/h7,11-13H,1-5,9H2. The van der Waals surface area contributed by atoms with Crippen LogP contribution in [0.2, 0.25) is 0 Å². The van der Waals surface area contributed by atoms with Gasteiger partial charge in [0.05, 0.1) is 19.9 Å². The monoisotopic (exact) mass is 204 g/mol.